The van der Waals surface area contributed by atoms with Crippen LogP contribution in [-0.2, 0) is 11.2 Å². The van der Waals surface area contributed by atoms with Crippen molar-refractivity contribution in [1.29, 1.82) is 0 Å². The number of aromatic nitrogens is 1. The third-order valence-electron chi connectivity index (χ3n) is 4.05. The number of carbonyl (C=O) groups excluding carboxylic acids is 1. The minimum atomic E-state index is 0.0831. The molecule has 0 saturated carbocycles. The molecule has 0 aliphatic carbocycles. The maximum absolute atomic E-state index is 12.1. The number of thiazole rings is 1. The maximum atomic E-state index is 12.1. The van der Waals surface area contributed by atoms with E-state index in [2.05, 4.69) is 20.1 Å². The van der Waals surface area contributed by atoms with E-state index in [0.717, 1.165) is 48.3 Å². The van der Waals surface area contributed by atoms with E-state index in [1.54, 1.807) is 11.3 Å². The number of anilines is 1. The number of halogens is 1. The first-order chi connectivity index (χ1) is 11.7. The first kappa shape index (κ1) is 17.2. The lowest BCUT2D eigenvalue weighted by Gasteiger charge is -2.34. The summed E-state index contributed by atoms with van der Waals surface area (Å²) < 4.78 is 0. The third-order valence-corrected chi connectivity index (χ3v) is 5.12. The van der Waals surface area contributed by atoms with Crippen molar-refractivity contribution >= 4 is 34.0 Å². The molecule has 1 aliphatic heterocycles. The molecular formula is C17H21ClN4OS. The van der Waals surface area contributed by atoms with Crippen molar-refractivity contribution in [3.05, 3.63) is 46.4 Å². The Morgan fingerprint density at radius 3 is 2.83 bits per heavy atom. The van der Waals surface area contributed by atoms with Crippen LogP contribution in [0.4, 0.5) is 5.13 Å². The first-order valence-electron chi connectivity index (χ1n) is 8.08. The van der Waals surface area contributed by atoms with Gasteiger partial charge in [-0.2, -0.15) is 0 Å². The second-order valence-corrected chi connectivity index (χ2v) is 7.12. The van der Waals surface area contributed by atoms with E-state index in [9.17, 15) is 4.79 Å². The average Bonchev–Trinajstić information content (AvgIpc) is 3.10. The average molecular weight is 365 g/mol. The van der Waals surface area contributed by atoms with Crippen molar-refractivity contribution in [1.82, 2.24) is 15.2 Å². The van der Waals surface area contributed by atoms with Gasteiger partial charge in [-0.05, 0) is 24.1 Å². The molecule has 0 spiro atoms. The van der Waals surface area contributed by atoms with Crippen LogP contribution >= 0.6 is 22.9 Å². The molecule has 0 radical (unpaired) electrons. The zero-order chi connectivity index (χ0) is 16.8. The topological polar surface area (TPSA) is 48.5 Å². The molecule has 1 aromatic carbocycles. The Morgan fingerprint density at radius 1 is 1.29 bits per heavy atom. The Balaban J connectivity index is 1.35. The van der Waals surface area contributed by atoms with Gasteiger partial charge in [0.2, 0.25) is 5.91 Å². The van der Waals surface area contributed by atoms with Gasteiger partial charge in [0.15, 0.2) is 5.13 Å². The maximum Gasteiger partial charge on any atom is 0.234 e. The van der Waals surface area contributed by atoms with Gasteiger partial charge in [-0.1, -0.05) is 23.7 Å². The van der Waals surface area contributed by atoms with Crippen LogP contribution in [0, 0.1) is 0 Å². The van der Waals surface area contributed by atoms with Gasteiger partial charge in [0.05, 0.1) is 6.54 Å². The van der Waals surface area contributed by atoms with Crippen molar-refractivity contribution in [3.8, 4) is 0 Å². The molecule has 1 N–H and O–H groups in total. The van der Waals surface area contributed by atoms with Crippen LogP contribution in [0.15, 0.2) is 35.8 Å². The van der Waals surface area contributed by atoms with E-state index in [-0.39, 0.29) is 5.91 Å². The van der Waals surface area contributed by atoms with Crippen molar-refractivity contribution in [2.75, 3.05) is 44.2 Å². The van der Waals surface area contributed by atoms with Crippen LogP contribution in [0.3, 0.4) is 0 Å². The molecule has 5 nitrogen and oxygen atoms in total. The van der Waals surface area contributed by atoms with Gasteiger partial charge in [0.1, 0.15) is 0 Å². The van der Waals surface area contributed by atoms with Crippen LogP contribution < -0.4 is 10.2 Å². The smallest absolute Gasteiger partial charge is 0.234 e. The number of rotatable bonds is 6. The minimum Gasteiger partial charge on any atom is -0.355 e. The van der Waals surface area contributed by atoms with E-state index in [1.807, 2.05) is 35.8 Å². The number of carbonyl (C=O) groups is 1. The standard InChI is InChI=1S/C17H21ClN4OS/c18-15-3-1-2-14(12-15)4-5-19-16(23)13-21-7-9-22(10-8-21)17-20-6-11-24-17/h1-3,6,11-12H,4-5,7-10,13H2,(H,19,23). The largest absolute Gasteiger partial charge is 0.355 e. The van der Waals surface area contributed by atoms with Gasteiger partial charge in [-0.3, -0.25) is 9.69 Å². The normalized spacial score (nSPS) is 15.5. The molecule has 1 fully saturated rings. The quantitative estimate of drug-likeness (QED) is 0.854. The summed E-state index contributed by atoms with van der Waals surface area (Å²) in [5.41, 5.74) is 1.14. The SMILES string of the molecule is O=C(CN1CCN(c2nccs2)CC1)NCCc1cccc(Cl)c1. The lowest BCUT2D eigenvalue weighted by atomic mass is 10.1. The molecule has 3 rings (SSSR count). The Labute approximate surface area is 151 Å². The number of hydrogen-bond acceptors (Lipinski definition) is 5. The molecule has 24 heavy (non-hydrogen) atoms. The van der Waals surface area contributed by atoms with Crippen LogP contribution in [0.5, 0.6) is 0 Å². The fourth-order valence-electron chi connectivity index (χ4n) is 2.77. The fourth-order valence-corrected chi connectivity index (χ4v) is 3.68. The van der Waals surface area contributed by atoms with Crippen molar-refractivity contribution < 1.29 is 4.79 Å². The Bertz CT molecular complexity index is 656. The van der Waals surface area contributed by atoms with Gasteiger partial charge in [-0.15, -0.1) is 11.3 Å². The summed E-state index contributed by atoms with van der Waals surface area (Å²) in [4.78, 5) is 20.9. The summed E-state index contributed by atoms with van der Waals surface area (Å²) in [6.45, 7) is 4.72. The second kappa shape index (κ2) is 8.46. The van der Waals surface area contributed by atoms with Crippen molar-refractivity contribution in [2.45, 2.75) is 6.42 Å². The van der Waals surface area contributed by atoms with Gasteiger partial charge in [-0.25, -0.2) is 4.98 Å². The number of nitrogens with one attached hydrogen (secondary N) is 1. The number of benzene rings is 1. The zero-order valence-electron chi connectivity index (χ0n) is 13.4. The van der Waals surface area contributed by atoms with E-state index >= 15 is 0 Å². The van der Waals surface area contributed by atoms with E-state index < -0.39 is 0 Å². The molecule has 2 heterocycles. The first-order valence-corrected chi connectivity index (χ1v) is 9.34. The lowest BCUT2D eigenvalue weighted by molar-refractivity contribution is -0.122. The molecule has 1 amide bonds. The second-order valence-electron chi connectivity index (χ2n) is 5.81. The molecule has 0 atom stereocenters. The summed E-state index contributed by atoms with van der Waals surface area (Å²) in [7, 11) is 0. The molecule has 1 aromatic heterocycles. The molecule has 1 aliphatic rings. The Morgan fingerprint density at radius 2 is 2.12 bits per heavy atom. The lowest BCUT2D eigenvalue weighted by Crippen LogP contribution is -2.49. The highest BCUT2D eigenvalue weighted by Gasteiger charge is 2.20. The number of nitrogens with zero attached hydrogens (tertiary/aromatic N) is 3. The highest BCUT2D eigenvalue weighted by molar-refractivity contribution is 7.13. The summed E-state index contributed by atoms with van der Waals surface area (Å²) >= 11 is 7.62. The molecule has 1 saturated heterocycles. The van der Waals surface area contributed by atoms with E-state index in [4.69, 9.17) is 11.6 Å². The van der Waals surface area contributed by atoms with Crippen LogP contribution in [0.2, 0.25) is 5.02 Å². The van der Waals surface area contributed by atoms with Gasteiger partial charge in [0.25, 0.3) is 0 Å². The van der Waals surface area contributed by atoms with Crippen LogP contribution in [-0.4, -0.2) is 55.1 Å². The summed E-state index contributed by atoms with van der Waals surface area (Å²) in [5, 5.41) is 6.79. The summed E-state index contributed by atoms with van der Waals surface area (Å²) in [5.74, 6) is 0.0831. The van der Waals surface area contributed by atoms with Gasteiger partial charge >= 0.3 is 0 Å². The highest BCUT2D eigenvalue weighted by Crippen LogP contribution is 2.18. The molecule has 0 unspecified atom stereocenters. The Kier molecular flexibility index (Phi) is 6.07. The Hall–Kier alpha value is -1.63. The van der Waals surface area contributed by atoms with Gasteiger partial charge < -0.3 is 10.2 Å². The minimum absolute atomic E-state index is 0.0831. The fraction of sp³-hybridized carbons (Fsp3) is 0.412. The van der Waals surface area contributed by atoms with E-state index in [1.165, 1.54) is 0 Å². The summed E-state index contributed by atoms with van der Waals surface area (Å²) in [6, 6.07) is 7.75. The monoisotopic (exact) mass is 364 g/mol. The molecular weight excluding hydrogens is 344 g/mol. The van der Waals surface area contributed by atoms with Crippen LogP contribution in [0.25, 0.3) is 0 Å². The van der Waals surface area contributed by atoms with Gasteiger partial charge in [0, 0.05) is 49.3 Å². The summed E-state index contributed by atoms with van der Waals surface area (Å²) in [6.07, 6.45) is 2.63. The van der Waals surface area contributed by atoms with E-state index in [0.29, 0.717) is 13.1 Å². The van der Waals surface area contributed by atoms with Crippen LogP contribution in [0.1, 0.15) is 5.56 Å². The number of piperazine rings is 1. The van der Waals surface area contributed by atoms with Crippen molar-refractivity contribution in [2.24, 2.45) is 0 Å². The predicted molar refractivity (Wildman–Crippen MR) is 98.9 cm³/mol. The number of hydrogen-bond donors (Lipinski definition) is 1. The third kappa shape index (κ3) is 4.93. The van der Waals surface area contributed by atoms with Crippen molar-refractivity contribution in [3.63, 3.8) is 0 Å². The molecule has 128 valence electrons. The molecule has 2 aromatic rings. The molecule has 7 heteroatoms. The number of amides is 1. The predicted octanol–water partition coefficient (Wildman–Crippen LogP) is 2.28. The highest BCUT2D eigenvalue weighted by atomic mass is 35.5. The molecule has 0 bridgehead atoms. The zero-order valence-corrected chi connectivity index (χ0v) is 15.0.